The first-order valence-electron chi connectivity index (χ1n) is 4.03. The van der Waals surface area contributed by atoms with Crippen molar-refractivity contribution in [2.75, 3.05) is 0 Å². The SMILES string of the molecule is FC(F)c1c(I)cc(CBr)nc1OC(F)(F)F. The lowest BCUT2D eigenvalue weighted by molar-refractivity contribution is -0.276. The molecule has 0 aliphatic heterocycles. The molecular weight excluding hydrogens is 428 g/mol. The van der Waals surface area contributed by atoms with E-state index in [4.69, 9.17) is 0 Å². The minimum absolute atomic E-state index is 0.0266. The van der Waals surface area contributed by atoms with Crippen LogP contribution in [0.25, 0.3) is 0 Å². The van der Waals surface area contributed by atoms with Crippen molar-refractivity contribution in [2.45, 2.75) is 18.1 Å². The summed E-state index contributed by atoms with van der Waals surface area (Å²) in [6.07, 6.45) is -8.14. The van der Waals surface area contributed by atoms with Crippen molar-refractivity contribution >= 4 is 38.5 Å². The zero-order valence-electron chi connectivity index (χ0n) is 7.86. The molecule has 0 aliphatic rings. The van der Waals surface area contributed by atoms with Crippen LogP contribution in [0.1, 0.15) is 17.7 Å². The van der Waals surface area contributed by atoms with Gasteiger partial charge in [-0.2, -0.15) is 0 Å². The van der Waals surface area contributed by atoms with E-state index in [0.29, 0.717) is 0 Å². The number of alkyl halides is 6. The van der Waals surface area contributed by atoms with Gasteiger partial charge >= 0.3 is 6.36 Å². The predicted molar refractivity (Wildman–Crippen MR) is 61.2 cm³/mol. The molecule has 0 N–H and O–H groups in total. The van der Waals surface area contributed by atoms with Crippen LogP contribution in [0, 0.1) is 3.57 Å². The van der Waals surface area contributed by atoms with Gasteiger partial charge < -0.3 is 4.74 Å². The monoisotopic (exact) mass is 431 g/mol. The van der Waals surface area contributed by atoms with Crippen LogP contribution in [0.15, 0.2) is 6.07 Å². The molecule has 0 spiro atoms. The number of hydrogen-bond acceptors (Lipinski definition) is 2. The van der Waals surface area contributed by atoms with Crippen molar-refractivity contribution in [1.82, 2.24) is 4.98 Å². The summed E-state index contributed by atoms with van der Waals surface area (Å²) < 4.78 is 64.8. The molecule has 0 unspecified atom stereocenters. The highest BCUT2D eigenvalue weighted by Crippen LogP contribution is 2.35. The fourth-order valence-electron chi connectivity index (χ4n) is 1.00. The fraction of sp³-hybridized carbons (Fsp3) is 0.375. The summed E-state index contributed by atoms with van der Waals surface area (Å²) in [5.74, 6) is -1.10. The standard InChI is InChI=1S/C8H4BrF5INO/c9-2-3-1-4(15)5(6(10)11)7(16-3)17-8(12,13)14/h1,6H,2H2. The summed E-state index contributed by atoms with van der Waals surface area (Å²) in [4.78, 5) is 3.38. The van der Waals surface area contributed by atoms with E-state index in [1.54, 1.807) is 0 Å². The third-order valence-corrected chi connectivity index (χ3v) is 3.06. The molecule has 1 aromatic heterocycles. The molecule has 0 aromatic carbocycles. The van der Waals surface area contributed by atoms with Gasteiger partial charge in [0.05, 0.1) is 11.3 Å². The molecule has 0 aliphatic carbocycles. The van der Waals surface area contributed by atoms with Gasteiger partial charge in [-0.15, -0.1) is 13.2 Å². The molecule has 17 heavy (non-hydrogen) atoms. The van der Waals surface area contributed by atoms with E-state index in [9.17, 15) is 22.0 Å². The van der Waals surface area contributed by atoms with Gasteiger partial charge in [0.2, 0.25) is 5.88 Å². The third-order valence-electron chi connectivity index (χ3n) is 1.59. The largest absolute Gasteiger partial charge is 0.574 e. The second-order valence-corrected chi connectivity index (χ2v) is 4.52. The first kappa shape index (κ1) is 14.9. The molecule has 2 nitrogen and oxygen atoms in total. The molecule has 9 heteroatoms. The minimum atomic E-state index is -5.05. The summed E-state index contributed by atoms with van der Waals surface area (Å²) in [6.45, 7) is 0. The number of pyridine rings is 1. The number of nitrogens with zero attached hydrogens (tertiary/aromatic N) is 1. The second kappa shape index (κ2) is 5.63. The van der Waals surface area contributed by atoms with Crippen LogP contribution in [-0.4, -0.2) is 11.3 Å². The third kappa shape index (κ3) is 4.19. The van der Waals surface area contributed by atoms with Gasteiger partial charge in [-0.1, -0.05) is 15.9 Å². The Morgan fingerprint density at radius 2 is 2.00 bits per heavy atom. The fourth-order valence-corrected chi connectivity index (χ4v) is 2.12. The van der Waals surface area contributed by atoms with Crippen molar-refractivity contribution in [3.05, 3.63) is 20.9 Å². The van der Waals surface area contributed by atoms with Crippen LogP contribution in [0.5, 0.6) is 5.88 Å². The van der Waals surface area contributed by atoms with E-state index < -0.39 is 24.2 Å². The maximum atomic E-state index is 12.6. The smallest absolute Gasteiger partial charge is 0.387 e. The lowest BCUT2D eigenvalue weighted by Gasteiger charge is -2.14. The highest BCUT2D eigenvalue weighted by atomic mass is 127. The molecule has 1 heterocycles. The van der Waals surface area contributed by atoms with Crippen molar-refractivity contribution in [3.63, 3.8) is 0 Å². The lowest BCUT2D eigenvalue weighted by Crippen LogP contribution is -2.20. The number of rotatable bonds is 3. The Balaban J connectivity index is 3.27. The Bertz CT molecular complexity index is 412. The van der Waals surface area contributed by atoms with Gasteiger partial charge in [0.1, 0.15) is 0 Å². The Labute approximate surface area is 115 Å². The summed E-state index contributed by atoms with van der Waals surface area (Å²) >= 11 is 4.49. The van der Waals surface area contributed by atoms with Crippen LogP contribution in [0.3, 0.4) is 0 Å². The van der Waals surface area contributed by atoms with E-state index in [-0.39, 0.29) is 14.6 Å². The number of hydrogen-bond donors (Lipinski definition) is 0. The number of aromatic nitrogens is 1. The molecular formula is C8H4BrF5INO. The van der Waals surface area contributed by atoms with E-state index in [1.807, 2.05) is 0 Å². The van der Waals surface area contributed by atoms with E-state index in [2.05, 4.69) is 25.7 Å². The molecule has 0 amide bonds. The van der Waals surface area contributed by atoms with Crippen LogP contribution < -0.4 is 4.74 Å². The van der Waals surface area contributed by atoms with E-state index in [0.717, 1.165) is 0 Å². The lowest BCUT2D eigenvalue weighted by atomic mass is 10.2. The van der Waals surface area contributed by atoms with Crippen LogP contribution in [-0.2, 0) is 5.33 Å². The van der Waals surface area contributed by atoms with Gasteiger partial charge in [-0.05, 0) is 28.7 Å². The average Bonchev–Trinajstić information content (AvgIpc) is 2.13. The highest BCUT2D eigenvalue weighted by Gasteiger charge is 2.35. The van der Waals surface area contributed by atoms with Crippen molar-refractivity contribution in [2.24, 2.45) is 0 Å². The molecule has 0 saturated heterocycles. The normalized spacial score (nSPS) is 12.0. The number of ether oxygens (including phenoxy) is 1. The Morgan fingerprint density at radius 3 is 2.41 bits per heavy atom. The summed E-state index contributed by atoms with van der Waals surface area (Å²) in [6, 6.07) is 1.26. The quantitative estimate of drug-likeness (QED) is 0.401. The van der Waals surface area contributed by atoms with E-state index in [1.165, 1.54) is 28.7 Å². The molecule has 1 rings (SSSR count). The minimum Gasteiger partial charge on any atom is -0.387 e. The average molecular weight is 432 g/mol. The Hall–Kier alpha value is -0.190. The van der Waals surface area contributed by atoms with Crippen molar-refractivity contribution in [3.8, 4) is 5.88 Å². The maximum absolute atomic E-state index is 12.6. The highest BCUT2D eigenvalue weighted by molar-refractivity contribution is 14.1. The van der Waals surface area contributed by atoms with Gasteiger partial charge in [-0.3, -0.25) is 0 Å². The second-order valence-electron chi connectivity index (χ2n) is 2.80. The van der Waals surface area contributed by atoms with Crippen molar-refractivity contribution < 1.29 is 26.7 Å². The molecule has 1 aromatic rings. The van der Waals surface area contributed by atoms with Crippen LogP contribution >= 0.6 is 38.5 Å². The summed E-state index contributed by atoms with van der Waals surface area (Å²) in [5.41, 5.74) is -0.675. The Morgan fingerprint density at radius 1 is 1.41 bits per heavy atom. The topological polar surface area (TPSA) is 22.1 Å². The van der Waals surface area contributed by atoms with E-state index >= 15 is 0 Å². The maximum Gasteiger partial charge on any atom is 0.574 e. The first-order chi connectivity index (χ1) is 7.74. The zero-order chi connectivity index (χ0) is 13.2. The Kier molecular flexibility index (Phi) is 4.93. The number of halogens is 7. The molecule has 0 atom stereocenters. The molecule has 96 valence electrons. The zero-order valence-corrected chi connectivity index (χ0v) is 11.6. The van der Waals surface area contributed by atoms with Crippen molar-refractivity contribution in [1.29, 1.82) is 0 Å². The molecule has 0 saturated carbocycles. The van der Waals surface area contributed by atoms with Gasteiger partial charge in [0, 0.05) is 8.90 Å². The molecule has 0 fully saturated rings. The molecule has 0 radical (unpaired) electrons. The molecule has 0 bridgehead atoms. The predicted octanol–water partition coefficient (Wildman–Crippen LogP) is 4.42. The van der Waals surface area contributed by atoms with Crippen LogP contribution in [0.2, 0.25) is 0 Å². The van der Waals surface area contributed by atoms with Gasteiger partial charge in [-0.25, -0.2) is 13.8 Å². The summed E-state index contributed by atoms with van der Waals surface area (Å²) in [5, 5.41) is 0.140. The van der Waals surface area contributed by atoms with Gasteiger partial charge in [0.25, 0.3) is 6.43 Å². The summed E-state index contributed by atoms with van der Waals surface area (Å²) in [7, 11) is 0. The van der Waals surface area contributed by atoms with Gasteiger partial charge in [0.15, 0.2) is 0 Å². The van der Waals surface area contributed by atoms with Crippen LogP contribution in [0.4, 0.5) is 22.0 Å². The first-order valence-corrected chi connectivity index (χ1v) is 6.23.